The van der Waals surface area contributed by atoms with Gasteiger partial charge >= 0.3 is 0 Å². The van der Waals surface area contributed by atoms with E-state index < -0.39 is 0 Å². The summed E-state index contributed by atoms with van der Waals surface area (Å²) in [5.74, 6) is 0. The van der Waals surface area contributed by atoms with Gasteiger partial charge in [-0.15, -0.1) is 11.3 Å². The number of anilines is 3. The van der Waals surface area contributed by atoms with Gasteiger partial charge in [0.05, 0.1) is 9.72 Å². The molecule has 0 spiro atoms. The average Bonchev–Trinajstić information content (AvgIpc) is 3.58. The summed E-state index contributed by atoms with van der Waals surface area (Å²) in [6.07, 6.45) is 0. The highest BCUT2D eigenvalue weighted by Crippen LogP contribution is 2.44. The van der Waals surface area contributed by atoms with Crippen molar-refractivity contribution in [3.05, 3.63) is 138 Å². The van der Waals surface area contributed by atoms with E-state index in [1.165, 1.54) is 26.6 Å². The molecule has 0 aliphatic carbocycles. The Morgan fingerprint density at radius 3 is 2.08 bits per heavy atom. The van der Waals surface area contributed by atoms with Crippen molar-refractivity contribution >= 4 is 82.1 Å². The lowest BCUT2D eigenvalue weighted by atomic mass is 9.99. The molecule has 0 aliphatic heterocycles. The molecule has 0 bridgehead atoms. The van der Waals surface area contributed by atoms with Gasteiger partial charge in [0, 0.05) is 43.3 Å². The minimum Gasteiger partial charge on any atom is -0.456 e. The van der Waals surface area contributed by atoms with Crippen molar-refractivity contribution < 1.29 is 4.42 Å². The van der Waals surface area contributed by atoms with E-state index in [-0.39, 0.29) is 0 Å². The van der Waals surface area contributed by atoms with E-state index in [2.05, 4.69) is 120 Å². The van der Waals surface area contributed by atoms with Crippen LogP contribution in [0.1, 0.15) is 0 Å². The third-order valence-electron chi connectivity index (χ3n) is 7.55. The van der Waals surface area contributed by atoms with E-state index in [4.69, 9.17) is 16.0 Å². The van der Waals surface area contributed by atoms with E-state index in [1.807, 2.05) is 18.2 Å². The summed E-state index contributed by atoms with van der Waals surface area (Å²) in [6, 6.07) is 46.7. The monoisotopic (exact) mass is 551 g/mol. The minimum absolute atomic E-state index is 0.800. The van der Waals surface area contributed by atoms with Crippen LogP contribution in [0.3, 0.4) is 0 Å². The van der Waals surface area contributed by atoms with Crippen molar-refractivity contribution in [2.24, 2.45) is 0 Å². The molecular weight excluding hydrogens is 530 g/mol. The maximum atomic E-state index is 6.66. The summed E-state index contributed by atoms with van der Waals surface area (Å²) in [6.45, 7) is 0. The second-order valence-electron chi connectivity index (χ2n) is 9.89. The molecular formula is C36H22ClNOS. The summed E-state index contributed by atoms with van der Waals surface area (Å²) in [7, 11) is 0. The SMILES string of the molecule is Clc1ccc(-c2ccc(N(c3ccccc3)c3ccc4oc5ccccc5c4c3)cc2)c2c1sc1ccccc12. The predicted molar refractivity (Wildman–Crippen MR) is 172 cm³/mol. The van der Waals surface area contributed by atoms with E-state index >= 15 is 0 Å². The zero-order valence-corrected chi connectivity index (χ0v) is 22.9. The quantitative estimate of drug-likeness (QED) is 0.216. The van der Waals surface area contributed by atoms with E-state index in [0.29, 0.717) is 0 Å². The Morgan fingerprint density at radius 1 is 0.550 bits per heavy atom. The van der Waals surface area contributed by atoms with Crippen LogP contribution in [0.25, 0.3) is 53.2 Å². The van der Waals surface area contributed by atoms with Crippen molar-refractivity contribution in [2.75, 3.05) is 4.90 Å². The van der Waals surface area contributed by atoms with Gasteiger partial charge in [-0.05, 0) is 71.8 Å². The number of thiophene rings is 1. The van der Waals surface area contributed by atoms with Crippen molar-refractivity contribution in [1.29, 1.82) is 0 Å². The third kappa shape index (κ3) is 3.70. The number of rotatable bonds is 4. The topological polar surface area (TPSA) is 16.4 Å². The number of benzene rings is 6. The highest BCUT2D eigenvalue weighted by atomic mass is 35.5. The fourth-order valence-electron chi connectivity index (χ4n) is 5.70. The first-order valence-corrected chi connectivity index (χ1v) is 14.4. The second-order valence-corrected chi connectivity index (χ2v) is 11.4. The molecule has 190 valence electrons. The van der Waals surface area contributed by atoms with Gasteiger partial charge in [-0.3, -0.25) is 0 Å². The molecule has 40 heavy (non-hydrogen) atoms. The maximum absolute atomic E-state index is 6.66. The molecule has 0 saturated carbocycles. The Kier molecular flexibility index (Phi) is 5.41. The van der Waals surface area contributed by atoms with Gasteiger partial charge in [0.15, 0.2) is 0 Å². The van der Waals surface area contributed by atoms with Gasteiger partial charge in [-0.1, -0.05) is 84.4 Å². The highest BCUT2D eigenvalue weighted by molar-refractivity contribution is 7.26. The minimum atomic E-state index is 0.800. The van der Waals surface area contributed by atoms with Crippen LogP contribution >= 0.6 is 22.9 Å². The molecule has 8 aromatic rings. The number of hydrogen-bond acceptors (Lipinski definition) is 3. The normalized spacial score (nSPS) is 11.6. The Balaban J connectivity index is 1.28. The van der Waals surface area contributed by atoms with E-state index in [9.17, 15) is 0 Å². The lowest BCUT2D eigenvalue weighted by Crippen LogP contribution is -2.09. The summed E-state index contributed by atoms with van der Waals surface area (Å²) in [4.78, 5) is 2.29. The average molecular weight is 552 g/mol. The molecule has 6 aromatic carbocycles. The standard InChI is InChI=1S/C36H22ClNOS/c37-31-20-19-27(35-29-11-5-7-13-34(29)40-36(31)35)23-14-16-25(17-15-23)38(24-8-2-1-3-9-24)26-18-21-33-30(22-26)28-10-4-6-12-32(28)39-33/h1-22H. The Bertz CT molecular complexity index is 2180. The number of furan rings is 1. The summed E-state index contributed by atoms with van der Waals surface area (Å²) < 4.78 is 8.49. The Labute approximate surface area is 240 Å². The third-order valence-corrected chi connectivity index (χ3v) is 9.18. The fourth-order valence-corrected chi connectivity index (χ4v) is 7.11. The number of para-hydroxylation sites is 2. The molecule has 4 heteroatoms. The molecule has 2 aromatic heterocycles. The van der Waals surface area contributed by atoms with Gasteiger partial charge in [0.25, 0.3) is 0 Å². The summed E-state index contributed by atoms with van der Waals surface area (Å²) >= 11 is 8.41. The Morgan fingerprint density at radius 2 is 1.23 bits per heavy atom. The van der Waals surface area contributed by atoms with Gasteiger partial charge < -0.3 is 9.32 Å². The van der Waals surface area contributed by atoms with Crippen molar-refractivity contribution in [3.63, 3.8) is 0 Å². The first kappa shape index (κ1) is 23.3. The zero-order valence-electron chi connectivity index (χ0n) is 21.3. The smallest absolute Gasteiger partial charge is 0.135 e. The van der Waals surface area contributed by atoms with Crippen molar-refractivity contribution in [2.45, 2.75) is 0 Å². The lowest BCUT2D eigenvalue weighted by molar-refractivity contribution is 0.669. The van der Waals surface area contributed by atoms with Crippen LogP contribution < -0.4 is 4.90 Å². The van der Waals surface area contributed by atoms with E-state index in [0.717, 1.165) is 48.7 Å². The number of nitrogens with zero attached hydrogens (tertiary/aromatic N) is 1. The first-order valence-electron chi connectivity index (χ1n) is 13.2. The zero-order chi connectivity index (χ0) is 26.6. The van der Waals surface area contributed by atoms with Crippen molar-refractivity contribution in [1.82, 2.24) is 0 Å². The molecule has 0 fully saturated rings. The molecule has 0 radical (unpaired) electrons. The summed E-state index contributed by atoms with van der Waals surface area (Å²) in [5.41, 5.74) is 7.42. The largest absolute Gasteiger partial charge is 0.456 e. The molecule has 0 saturated heterocycles. The van der Waals surface area contributed by atoms with Gasteiger partial charge in [-0.2, -0.15) is 0 Å². The van der Waals surface area contributed by atoms with Gasteiger partial charge in [0.1, 0.15) is 11.2 Å². The Hall–Kier alpha value is -4.57. The molecule has 0 aliphatic rings. The summed E-state index contributed by atoms with van der Waals surface area (Å²) in [5, 5.41) is 5.50. The van der Waals surface area contributed by atoms with Crippen molar-refractivity contribution in [3.8, 4) is 11.1 Å². The van der Waals surface area contributed by atoms with Crippen LogP contribution in [0.4, 0.5) is 17.1 Å². The first-order chi connectivity index (χ1) is 19.7. The van der Waals surface area contributed by atoms with Crippen LogP contribution in [0, 0.1) is 0 Å². The second kappa shape index (κ2) is 9.27. The molecule has 2 nitrogen and oxygen atoms in total. The molecule has 2 heterocycles. The number of fused-ring (bicyclic) bond motifs is 6. The van der Waals surface area contributed by atoms with E-state index in [1.54, 1.807) is 11.3 Å². The highest BCUT2D eigenvalue weighted by Gasteiger charge is 2.17. The predicted octanol–water partition coefficient (Wildman–Crippen LogP) is 11.7. The van der Waals surface area contributed by atoms with Crippen LogP contribution in [-0.2, 0) is 0 Å². The van der Waals surface area contributed by atoms with Crippen LogP contribution in [0.2, 0.25) is 5.02 Å². The van der Waals surface area contributed by atoms with Gasteiger partial charge in [-0.25, -0.2) is 0 Å². The lowest BCUT2D eigenvalue weighted by Gasteiger charge is -2.25. The number of hydrogen-bond donors (Lipinski definition) is 0. The molecule has 0 atom stereocenters. The molecule has 0 amide bonds. The molecule has 0 unspecified atom stereocenters. The number of halogens is 1. The van der Waals surface area contributed by atoms with Crippen LogP contribution in [0.15, 0.2) is 138 Å². The van der Waals surface area contributed by atoms with Gasteiger partial charge in [0.2, 0.25) is 0 Å². The fraction of sp³-hybridized carbons (Fsp3) is 0. The van der Waals surface area contributed by atoms with Crippen LogP contribution in [-0.4, -0.2) is 0 Å². The molecule has 0 N–H and O–H groups in total. The molecule has 8 rings (SSSR count). The maximum Gasteiger partial charge on any atom is 0.135 e. The van der Waals surface area contributed by atoms with Crippen LogP contribution in [0.5, 0.6) is 0 Å².